The maximum atomic E-state index is 11.0. The lowest BCUT2D eigenvalue weighted by Gasteiger charge is -2.23. The number of carbonyl (C=O) groups excluding carboxylic acids is 1. The molecule has 5 aromatic rings. The molecular formula is C22H20N8O2. The third kappa shape index (κ3) is 3.25. The number of nitrogens with zero attached hydrogens (tertiary/aromatic N) is 8. The molecule has 0 aliphatic carbocycles. The average Bonchev–Trinajstić information content (AvgIpc) is 3.57. The van der Waals surface area contributed by atoms with E-state index < -0.39 is 0 Å². The van der Waals surface area contributed by atoms with E-state index in [-0.39, 0.29) is 6.23 Å². The number of hydrogen-bond acceptors (Lipinski definition) is 7. The monoisotopic (exact) mass is 428 g/mol. The van der Waals surface area contributed by atoms with Crippen LogP contribution in [0.2, 0.25) is 0 Å². The smallest absolute Gasteiger partial charge is 0.151 e. The second kappa shape index (κ2) is 7.65. The molecule has 0 saturated carbocycles. The lowest BCUT2D eigenvalue weighted by atomic mass is 10.1. The Balaban J connectivity index is 1.30. The number of ether oxygens (including phenoxy) is 1. The van der Waals surface area contributed by atoms with Gasteiger partial charge in [0.2, 0.25) is 0 Å². The zero-order valence-electron chi connectivity index (χ0n) is 17.2. The van der Waals surface area contributed by atoms with Gasteiger partial charge in [-0.1, -0.05) is 5.21 Å². The van der Waals surface area contributed by atoms with Crippen LogP contribution in [-0.2, 0) is 11.3 Å². The molecule has 1 aliphatic heterocycles. The van der Waals surface area contributed by atoms with E-state index in [9.17, 15) is 4.79 Å². The number of pyridine rings is 2. The van der Waals surface area contributed by atoms with Crippen molar-refractivity contribution in [3.05, 3.63) is 60.6 Å². The highest BCUT2D eigenvalue weighted by molar-refractivity contribution is 5.92. The second-order valence-corrected chi connectivity index (χ2v) is 7.91. The molecule has 1 atom stereocenters. The van der Waals surface area contributed by atoms with Gasteiger partial charge in [-0.15, -0.1) is 5.10 Å². The minimum absolute atomic E-state index is 0.0521. The normalized spacial score (nSPS) is 16.7. The van der Waals surface area contributed by atoms with Gasteiger partial charge in [0.15, 0.2) is 12.5 Å². The van der Waals surface area contributed by atoms with Crippen LogP contribution in [0.3, 0.4) is 0 Å². The molecule has 0 N–H and O–H groups in total. The zero-order valence-corrected chi connectivity index (χ0v) is 17.2. The SMILES string of the molecule is O=Cc1ccc2nc(Cn3cc(-c4cncc5c4cnn5C4CCCCO4)nn3)cn2c1. The van der Waals surface area contributed by atoms with E-state index in [0.717, 1.165) is 65.7 Å². The van der Waals surface area contributed by atoms with Gasteiger partial charge in [-0.3, -0.25) is 9.78 Å². The van der Waals surface area contributed by atoms with Gasteiger partial charge in [-0.25, -0.2) is 14.3 Å². The highest BCUT2D eigenvalue weighted by Crippen LogP contribution is 2.30. The molecule has 10 nitrogen and oxygen atoms in total. The number of carbonyl (C=O) groups is 1. The summed E-state index contributed by atoms with van der Waals surface area (Å²) in [5.74, 6) is 0. The van der Waals surface area contributed by atoms with Gasteiger partial charge in [0.1, 0.15) is 11.3 Å². The minimum atomic E-state index is -0.0521. The van der Waals surface area contributed by atoms with Gasteiger partial charge in [-0.05, 0) is 31.4 Å². The molecule has 5 aromatic heterocycles. The van der Waals surface area contributed by atoms with Gasteiger partial charge < -0.3 is 9.14 Å². The summed E-state index contributed by atoms with van der Waals surface area (Å²) in [6, 6.07) is 3.57. The van der Waals surface area contributed by atoms with E-state index in [1.807, 2.05) is 39.9 Å². The Labute approximate surface area is 182 Å². The topological polar surface area (TPSA) is 105 Å². The van der Waals surface area contributed by atoms with Gasteiger partial charge in [0, 0.05) is 41.7 Å². The van der Waals surface area contributed by atoms with Crippen molar-refractivity contribution in [3.63, 3.8) is 0 Å². The summed E-state index contributed by atoms with van der Waals surface area (Å²) in [5, 5.41) is 14.2. The maximum absolute atomic E-state index is 11.0. The van der Waals surface area contributed by atoms with Gasteiger partial charge in [0.05, 0.1) is 36.3 Å². The highest BCUT2D eigenvalue weighted by atomic mass is 16.5. The third-order valence-electron chi connectivity index (χ3n) is 5.75. The summed E-state index contributed by atoms with van der Waals surface area (Å²) in [5.41, 5.74) is 4.72. The van der Waals surface area contributed by atoms with E-state index >= 15 is 0 Å². The van der Waals surface area contributed by atoms with Gasteiger partial charge in [-0.2, -0.15) is 5.10 Å². The molecule has 32 heavy (non-hydrogen) atoms. The van der Waals surface area contributed by atoms with E-state index in [4.69, 9.17) is 4.74 Å². The Morgan fingerprint density at radius 3 is 2.97 bits per heavy atom. The van der Waals surface area contributed by atoms with Crippen LogP contribution in [-0.4, -0.2) is 52.0 Å². The van der Waals surface area contributed by atoms with Crippen molar-refractivity contribution in [3.8, 4) is 11.3 Å². The third-order valence-corrected chi connectivity index (χ3v) is 5.75. The predicted molar refractivity (Wildman–Crippen MR) is 115 cm³/mol. The fourth-order valence-corrected chi connectivity index (χ4v) is 4.18. The van der Waals surface area contributed by atoms with E-state index in [1.165, 1.54) is 0 Å². The number of fused-ring (bicyclic) bond motifs is 2. The number of hydrogen-bond donors (Lipinski definition) is 0. The van der Waals surface area contributed by atoms with Crippen LogP contribution in [0, 0.1) is 0 Å². The number of aromatic nitrogens is 8. The molecule has 0 aromatic carbocycles. The number of imidazole rings is 1. The van der Waals surface area contributed by atoms with Crippen LogP contribution in [0.15, 0.2) is 49.3 Å². The summed E-state index contributed by atoms with van der Waals surface area (Å²) in [6.07, 6.45) is 14.9. The molecular weight excluding hydrogens is 408 g/mol. The van der Waals surface area contributed by atoms with Crippen LogP contribution < -0.4 is 0 Å². The fourth-order valence-electron chi connectivity index (χ4n) is 4.18. The molecule has 6 rings (SSSR count). The Bertz CT molecular complexity index is 1430. The highest BCUT2D eigenvalue weighted by Gasteiger charge is 2.20. The standard InChI is InChI=1S/C22H20N8O2/c31-14-15-4-5-21-25-16(11-28(21)10-15)12-29-13-19(26-27-29)17-7-23-9-20-18(17)8-24-30(20)22-3-1-2-6-32-22/h4-5,7-11,13-14,22H,1-3,6,12H2. The lowest BCUT2D eigenvalue weighted by Crippen LogP contribution is -2.18. The summed E-state index contributed by atoms with van der Waals surface area (Å²) >= 11 is 0. The Hall–Kier alpha value is -3.92. The Morgan fingerprint density at radius 2 is 2.09 bits per heavy atom. The molecule has 1 fully saturated rings. The quantitative estimate of drug-likeness (QED) is 0.396. The van der Waals surface area contributed by atoms with E-state index in [2.05, 4.69) is 25.4 Å². The van der Waals surface area contributed by atoms with Crippen molar-refractivity contribution in [2.24, 2.45) is 0 Å². The molecule has 1 saturated heterocycles. The van der Waals surface area contributed by atoms with Crippen molar-refractivity contribution in [2.75, 3.05) is 6.61 Å². The van der Waals surface area contributed by atoms with Crippen molar-refractivity contribution in [2.45, 2.75) is 32.0 Å². The predicted octanol–water partition coefficient (Wildman–Crippen LogP) is 2.90. The van der Waals surface area contributed by atoms with E-state index in [0.29, 0.717) is 12.1 Å². The summed E-state index contributed by atoms with van der Waals surface area (Å²) in [4.78, 5) is 20.0. The Morgan fingerprint density at radius 1 is 1.12 bits per heavy atom. The van der Waals surface area contributed by atoms with Gasteiger partial charge >= 0.3 is 0 Å². The van der Waals surface area contributed by atoms with Crippen molar-refractivity contribution in [1.29, 1.82) is 0 Å². The van der Waals surface area contributed by atoms with Crippen molar-refractivity contribution >= 4 is 22.8 Å². The van der Waals surface area contributed by atoms with Gasteiger partial charge in [0.25, 0.3) is 0 Å². The summed E-state index contributed by atoms with van der Waals surface area (Å²) < 4.78 is 11.4. The Kier molecular flexibility index (Phi) is 4.50. The van der Waals surface area contributed by atoms with Crippen LogP contribution in [0.25, 0.3) is 27.8 Å². The van der Waals surface area contributed by atoms with Crippen LogP contribution in [0.1, 0.15) is 41.5 Å². The molecule has 10 heteroatoms. The molecule has 1 aliphatic rings. The molecule has 0 radical (unpaired) electrons. The number of rotatable bonds is 5. The average molecular weight is 428 g/mol. The van der Waals surface area contributed by atoms with E-state index in [1.54, 1.807) is 23.1 Å². The first-order valence-corrected chi connectivity index (χ1v) is 10.5. The molecule has 0 bridgehead atoms. The number of aldehydes is 1. The molecule has 6 heterocycles. The molecule has 160 valence electrons. The van der Waals surface area contributed by atoms with Crippen LogP contribution in [0.4, 0.5) is 0 Å². The maximum Gasteiger partial charge on any atom is 0.151 e. The first-order valence-electron chi connectivity index (χ1n) is 10.5. The fraction of sp³-hybridized carbons (Fsp3) is 0.273. The van der Waals surface area contributed by atoms with Crippen molar-refractivity contribution in [1.82, 2.24) is 39.1 Å². The molecule has 0 spiro atoms. The lowest BCUT2D eigenvalue weighted by molar-refractivity contribution is -0.0367. The second-order valence-electron chi connectivity index (χ2n) is 7.91. The van der Waals surface area contributed by atoms with Crippen LogP contribution >= 0.6 is 0 Å². The van der Waals surface area contributed by atoms with Crippen LogP contribution in [0.5, 0.6) is 0 Å². The zero-order chi connectivity index (χ0) is 21.5. The summed E-state index contributed by atoms with van der Waals surface area (Å²) in [6.45, 7) is 1.22. The van der Waals surface area contributed by atoms with Crippen molar-refractivity contribution < 1.29 is 9.53 Å². The summed E-state index contributed by atoms with van der Waals surface area (Å²) in [7, 11) is 0. The first kappa shape index (κ1) is 18.8. The molecule has 1 unspecified atom stereocenters. The largest absolute Gasteiger partial charge is 0.356 e. The molecule has 0 amide bonds. The first-order chi connectivity index (χ1) is 15.8. The minimum Gasteiger partial charge on any atom is -0.356 e.